The highest BCUT2D eigenvalue weighted by Crippen LogP contribution is 2.21. The molecule has 0 bridgehead atoms. The fraction of sp³-hybridized carbons (Fsp3) is 0.292. The van der Waals surface area contributed by atoms with Crippen molar-refractivity contribution in [3.8, 4) is 0 Å². The molecule has 170 valence electrons. The first kappa shape index (κ1) is 24.5. The Balaban J connectivity index is 1.84. The summed E-state index contributed by atoms with van der Waals surface area (Å²) in [5.41, 5.74) is 0.998. The molecule has 32 heavy (non-hydrogen) atoms. The van der Waals surface area contributed by atoms with E-state index in [1.807, 2.05) is 54.8 Å². The predicted octanol–water partition coefficient (Wildman–Crippen LogP) is 5.42. The molecule has 1 amide bonds. The summed E-state index contributed by atoms with van der Waals surface area (Å²) in [6.45, 7) is 2.93. The number of thiophene rings is 1. The van der Waals surface area contributed by atoms with Crippen LogP contribution in [0.25, 0.3) is 0 Å². The molecule has 0 saturated heterocycles. The molecule has 0 atom stereocenters. The summed E-state index contributed by atoms with van der Waals surface area (Å²) < 4.78 is 27.9. The van der Waals surface area contributed by atoms with Crippen LogP contribution >= 0.6 is 22.9 Å². The molecule has 0 N–H and O–H groups in total. The van der Waals surface area contributed by atoms with Crippen LogP contribution in [0.3, 0.4) is 0 Å². The molecule has 8 heteroatoms. The van der Waals surface area contributed by atoms with Crippen LogP contribution < -0.4 is 0 Å². The van der Waals surface area contributed by atoms with Crippen LogP contribution in [0, 0.1) is 0 Å². The fourth-order valence-corrected chi connectivity index (χ4v) is 5.53. The second-order valence-electron chi connectivity index (χ2n) is 7.46. The minimum atomic E-state index is -3.82. The first-order valence-corrected chi connectivity index (χ1v) is 13.2. The van der Waals surface area contributed by atoms with Gasteiger partial charge < -0.3 is 4.90 Å². The minimum Gasteiger partial charge on any atom is -0.332 e. The number of benzene rings is 2. The van der Waals surface area contributed by atoms with Crippen LogP contribution in [-0.4, -0.2) is 36.6 Å². The Morgan fingerprint density at radius 3 is 2.31 bits per heavy atom. The van der Waals surface area contributed by atoms with Gasteiger partial charge in [-0.2, -0.15) is 4.31 Å². The lowest BCUT2D eigenvalue weighted by molar-refractivity contribution is -0.132. The van der Waals surface area contributed by atoms with Crippen molar-refractivity contribution < 1.29 is 13.2 Å². The Morgan fingerprint density at radius 2 is 1.69 bits per heavy atom. The van der Waals surface area contributed by atoms with Gasteiger partial charge in [0.15, 0.2) is 0 Å². The van der Waals surface area contributed by atoms with Gasteiger partial charge in [0.2, 0.25) is 15.9 Å². The molecule has 0 aliphatic carbocycles. The number of amides is 1. The van der Waals surface area contributed by atoms with E-state index in [2.05, 4.69) is 0 Å². The number of sulfonamides is 1. The summed E-state index contributed by atoms with van der Waals surface area (Å²) in [4.78, 5) is 16.3. The SMILES string of the molecule is CCCCN(CC(=O)N(Cc1ccccc1)Cc1cccs1)S(=O)(=O)c1ccc(Cl)cc1. The average molecular weight is 491 g/mol. The maximum absolute atomic E-state index is 13.4. The molecule has 0 aliphatic rings. The molecule has 0 saturated carbocycles. The largest absolute Gasteiger partial charge is 0.332 e. The number of rotatable bonds is 11. The number of unbranched alkanes of at least 4 members (excludes halogenated alkanes) is 1. The molecular formula is C24H27ClN2O3S2. The van der Waals surface area contributed by atoms with E-state index < -0.39 is 10.0 Å². The van der Waals surface area contributed by atoms with E-state index in [4.69, 9.17) is 11.6 Å². The van der Waals surface area contributed by atoms with Gasteiger partial charge in [0.1, 0.15) is 0 Å². The van der Waals surface area contributed by atoms with Crippen molar-refractivity contribution in [1.29, 1.82) is 0 Å². The molecule has 0 unspecified atom stereocenters. The van der Waals surface area contributed by atoms with Crippen molar-refractivity contribution in [2.45, 2.75) is 37.8 Å². The average Bonchev–Trinajstić information content (AvgIpc) is 3.30. The highest BCUT2D eigenvalue weighted by Gasteiger charge is 2.28. The summed E-state index contributed by atoms with van der Waals surface area (Å²) in [7, 11) is -3.82. The van der Waals surface area contributed by atoms with E-state index >= 15 is 0 Å². The van der Waals surface area contributed by atoms with Crippen molar-refractivity contribution in [3.05, 3.63) is 87.6 Å². The van der Waals surface area contributed by atoms with Gasteiger partial charge in [-0.15, -0.1) is 11.3 Å². The van der Waals surface area contributed by atoms with Gasteiger partial charge in [-0.25, -0.2) is 8.42 Å². The van der Waals surface area contributed by atoms with Gasteiger partial charge >= 0.3 is 0 Å². The molecule has 3 rings (SSSR count). The van der Waals surface area contributed by atoms with E-state index in [9.17, 15) is 13.2 Å². The first-order chi connectivity index (χ1) is 15.4. The highest BCUT2D eigenvalue weighted by atomic mass is 35.5. The lowest BCUT2D eigenvalue weighted by atomic mass is 10.2. The summed E-state index contributed by atoms with van der Waals surface area (Å²) in [6.07, 6.45) is 1.49. The monoisotopic (exact) mass is 490 g/mol. The zero-order chi connectivity index (χ0) is 23.0. The van der Waals surface area contributed by atoms with Crippen molar-refractivity contribution in [1.82, 2.24) is 9.21 Å². The lowest BCUT2D eigenvalue weighted by Crippen LogP contribution is -2.42. The summed E-state index contributed by atoms with van der Waals surface area (Å²) in [5.74, 6) is -0.226. The van der Waals surface area contributed by atoms with Gasteiger partial charge in [0.25, 0.3) is 0 Å². The molecule has 0 spiro atoms. The smallest absolute Gasteiger partial charge is 0.243 e. The number of carbonyl (C=O) groups excluding carboxylic acids is 1. The third kappa shape index (κ3) is 6.65. The van der Waals surface area contributed by atoms with Crippen LogP contribution in [0.15, 0.2) is 77.0 Å². The second-order valence-corrected chi connectivity index (χ2v) is 10.9. The predicted molar refractivity (Wildman–Crippen MR) is 130 cm³/mol. The Labute approximate surface area is 199 Å². The third-order valence-electron chi connectivity index (χ3n) is 5.02. The van der Waals surface area contributed by atoms with E-state index in [0.29, 0.717) is 24.5 Å². The van der Waals surface area contributed by atoms with Gasteiger partial charge in [0.05, 0.1) is 18.0 Å². The Bertz CT molecular complexity index is 1090. The molecule has 5 nitrogen and oxygen atoms in total. The highest BCUT2D eigenvalue weighted by molar-refractivity contribution is 7.89. The molecule has 0 fully saturated rings. The Hall–Kier alpha value is -2.19. The normalized spacial score (nSPS) is 11.6. The van der Waals surface area contributed by atoms with E-state index in [1.54, 1.807) is 28.4 Å². The van der Waals surface area contributed by atoms with Gasteiger partial charge in [-0.1, -0.05) is 61.3 Å². The van der Waals surface area contributed by atoms with Gasteiger partial charge in [-0.05, 0) is 47.7 Å². The zero-order valence-electron chi connectivity index (χ0n) is 18.0. The van der Waals surface area contributed by atoms with Crippen LogP contribution in [0.5, 0.6) is 0 Å². The first-order valence-electron chi connectivity index (χ1n) is 10.5. The van der Waals surface area contributed by atoms with Gasteiger partial charge in [-0.3, -0.25) is 4.79 Å². The van der Waals surface area contributed by atoms with E-state index in [-0.39, 0.29) is 23.9 Å². The van der Waals surface area contributed by atoms with Crippen LogP contribution in [-0.2, 0) is 27.9 Å². The standard InChI is InChI=1S/C24H27ClN2O3S2/c1-2-3-15-27(32(29,30)23-13-11-21(25)12-14-23)19-24(28)26(18-22-10-7-16-31-22)17-20-8-5-4-6-9-20/h4-14,16H,2-3,15,17-19H2,1H3. The molecular weight excluding hydrogens is 464 g/mol. The molecule has 1 heterocycles. The van der Waals surface area contributed by atoms with Crippen molar-refractivity contribution >= 4 is 38.9 Å². The fourth-order valence-electron chi connectivity index (χ4n) is 3.25. The number of carbonyl (C=O) groups is 1. The van der Waals surface area contributed by atoms with Crippen molar-refractivity contribution in [3.63, 3.8) is 0 Å². The topological polar surface area (TPSA) is 57.7 Å². The lowest BCUT2D eigenvalue weighted by Gasteiger charge is -2.27. The van der Waals surface area contributed by atoms with E-state index in [0.717, 1.165) is 16.9 Å². The van der Waals surface area contributed by atoms with Crippen molar-refractivity contribution in [2.75, 3.05) is 13.1 Å². The van der Waals surface area contributed by atoms with E-state index in [1.165, 1.54) is 16.4 Å². The third-order valence-corrected chi connectivity index (χ3v) is 7.99. The molecule has 0 radical (unpaired) electrons. The number of nitrogens with zero attached hydrogens (tertiary/aromatic N) is 2. The second kappa shape index (κ2) is 11.6. The van der Waals surface area contributed by atoms with Crippen molar-refractivity contribution in [2.24, 2.45) is 0 Å². The van der Waals surface area contributed by atoms with Crippen LogP contribution in [0.1, 0.15) is 30.2 Å². The summed E-state index contributed by atoms with van der Waals surface area (Å²) >= 11 is 7.50. The summed E-state index contributed by atoms with van der Waals surface area (Å²) in [5, 5.41) is 2.43. The van der Waals surface area contributed by atoms with Crippen LogP contribution in [0.2, 0.25) is 5.02 Å². The minimum absolute atomic E-state index is 0.138. The molecule has 3 aromatic rings. The number of halogens is 1. The molecule has 2 aromatic carbocycles. The van der Waals surface area contributed by atoms with Crippen LogP contribution in [0.4, 0.5) is 0 Å². The quantitative estimate of drug-likeness (QED) is 0.360. The maximum Gasteiger partial charge on any atom is 0.243 e. The Morgan fingerprint density at radius 1 is 0.969 bits per heavy atom. The number of hydrogen-bond acceptors (Lipinski definition) is 4. The Kier molecular flexibility index (Phi) is 8.87. The molecule has 1 aromatic heterocycles. The zero-order valence-corrected chi connectivity index (χ0v) is 20.4. The van der Waals surface area contributed by atoms with Gasteiger partial charge in [0, 0.05) is 23.0 Å². The summed E-state index contributed by atoms with van der Waals surface area (Å²) in [6, 6.07) is 19.7. The maximum atomic E-state index is 13.4. The number of hydrogen-bond donors (Lipinski definition) is 0. The molecule has 0 aliphatic heterocycles.